The second-order valence-corrected chi connectivity index (χ2v) is 10.6. The minimum atomic E-state index is -0.850. The van der Waals surface area contributed by atoms with Gasteiger partial charge in [-0.25, -0.2) is 0 Å². The Bertz CT molecular complexity index is 1510. The van der Waals surface area contributed by atoms with Crippen molar-refractivity contribution in [2.24, 2.45) is 0 Å². The maximum Gasteiger partial charge on any atom is 0.301 e. The van der Waals surface area contributed by atoms with Crippen LogP contribution in [0.4, 0.5) is 5.13 Å². The van der Waals surface area contributed by atoms with E-state index in [0.29, 0.717) is 33.6 Å². The zero-order valence-corrected chi connectivity index (χ0v) is 22.4. The van der Waals surface area contributed by atoms with Crippen molar-refractivity contribution >= 4 is 49.8 Å². The Morgan fingerprint density at radius 1 is 1.00 bits per heavy atom. The number of carbonyl (C=O) groups is 2. The summed E-state index contributed by atoms with van der Waals surface area (Å²) >= 11 is 4.63. The number of Topliss-reactive ketones (excluding diaryl/α,β-unsaturated/α-hetero) is 1. The van der Waals surface area contributed by atoms with Crippen LogP contribution in [-0.2, 0) is 16.2 Å². The fourth-order valence-corrected chi connectivity index (χ4v) is 5.15. The molecule has 9 heteroatoms. The van der Waals surface area contributed by atoms with E-state index < -0.39 is 17.7 Å². The summed E-state index contributed by atoms with van der Waals surface area (Å²) in [5.41, 5.74) is 3.27. The molecule has 1 fully saturated rings. The summed E-state index contributed by atoms with van der Waals surface area (Å²) < 4.78 is 6.75. The van der Waals surface area contributed by atoms with E-state index >= 15 is 0 Å². The van der Waals surface area contributed by atoms with Crippen LogP contribution in [0.3, 0.4) is 0 Å². The van der Waals surface area contributed by atoms with Crippen LogP contribution in [-0.4, -0.2) is 27.0 Å². The zero-order chi connectivity index (χ0) is 26.1. The lowest BCUT2D eigenvalue weighted by molar-refractivity contribution is -0.132. The Kier molecular flexibility index (Phi) is 6.90. The van der Waals surface area contributed by atoms with Gasteiger partial charge in [-0.05, 0) is 66.9 Å². The minimum absolute atomic E-state index is 0.00578. The molecule has 0 radical (unpaired) electrons. The number of aliphatic hydroxyl groups excluding tert-OH is 1. The summed E-state index contributed by atoms with van der Waals surface area (Å²) in [5, 5.41) is 20.4. The number of hydrogen-bond acceptors (Lipinski definition) is 7. The van der Waals surface area contributed by atoms with Crippen LogP contribution in [0, 0.1) is 13.8 Å². The van der Waals surface area contributed by atoms with E-state index in [4.69, 9.17) is 4.74 Å². The monoisotopic (exact) mass is 575 g/mol. The summed E-state index contributed by atoms with van der Waals surface area (Å²) in [5.74, 6) is -1.18. The summed E-state index contributed by atoms with van der Waals surface area (Å²) in [7, 11) is 0. The van der Waals surface area contributed by atoms with E-state index in [1.54, 1.807) is 43.3 Å². The van der Waals surface area contributed by atoms with Crippen molar-refractivity contribution < 1.29 is 19.4 Å². The van der Waals surface area contributed by atoms with E-state index in [1.165, 1.54) is 16.2 Å². The number of hydrogen-bond donors (Lipinski definition) is 1. The van der Waals surface area contributed by atoms with Gasteiger partial charge in [0.05, 0.1) is 11.6 Å². The first-order valence-electron chi connectivity index (χ1n) is 11.5. The molecule has 2 heterocycles. The highest BCUT2D eigenvalue weighted by Crippen LogP contribution is 2.43. The largest absolute Gasteiger partial charge is 0.507 e. The number of aryl methyl sites for hydroxylation is 2. The average molecular weight is 576 g/mol. The lowest BCUT2D eigenvalue weighted by Crippen LogP contribution is -2.29. The molecular weight excluding hydrogens is 554 g/mol. The second-order valence-electron chi connectivity index (χ2n) is 8.56. The Morgan fingerprint density at radius 2 is 1.70 bits per heavy atom. The van der Waals surface area contributed by atoms with Crippen LogP contribution in [0.15, 0.2) is 82.8 Å². The molecule has 1 aliphatic heterocycles. The van der Waals surface area contributed by atoms with Gasteiger partial charge >= 0.3 is 5.91 Å². The number of nitrogens with zero attached hydrogens (tertiary/aromatic N) is 3. The Balaban J connectivity index is 1.50. The summed E-state index contributed by atoms with van der Waals surface area (Å²) in [6, 6.07) is 21.2. The minimum Gasteiger partial charge on any atom is -0.507 e. The van der Waals surface area contributed by atoms with E-state index in [-0.39, 0.29) is 11.3 Å². The summed E-state index contributed by atoms with van der Waals surface area (Å²) in [4.78, 5) is 27.7. The molecule has 0 spiro atoms. The van der Waals surface area contributed by atoms with Crippen LogP contribution < -0.4 is 9.64 Å². The maximum atomic E-state index is 13.2. The van der Waals surface area contributed by atoms with Crippen molar-refractivity contribution in [3.8, 4) is 5.75 Å². The topological polar surface area (TPSA) is 92.6 Å². The quantitative estimate of drug-likeness (QED) is 0.169. The van der Waals surface area contributed by atoms with Gasteiger partial charge in [-0.3, -0.25) is 14.5 Å². The van der Waals surface area contributed by atoms with Crippen molar-refractivity contribution in [1.82, 2.24) is 10.2 Å². The average Bonchev–Trinajstić information content (AvgIpc) is 3.44. The number of amides is 1. The number of anilines is 1. The number of ether oxygens (including phenoxy) is 1. The number of rotatable bonds is 6. The number of ketones is 1. The Labute approximate surface area is 226 Å². The number of aliphatic hydroxyl groups is 1. The smallest absolute Gasteiger partial charge is 0.301 e. The lowest BCUT2D eigenvalue weighted by atomic mass is 9.95. The molecule has 0 saturated carbocycles. The van der Waals surface area contributed by atoms with Gasteiger partial charge in [-0.1, -0.05) is 63.7 Å². The van der Waals surface area contributed by atoms with Crippen molar-refractivity contribution in [3.63, 3.8) is 0 Å². The highest BCUT2D eigenvalue weighted by Gasteiger charge is 2.48. The van der Waals surface area contributed by atoms with Gasteiger partial charge in [-0.2, -0.15) is 0 Å². The van der Waals surface area contributed by atoms with Crippen molar-refractivity contribution in [3.05, 3.63) is 110 Å². The summed E-state index contributed by atoms with van der Waals surface area (Å²) in [6.07, 6.45) is 0. The SMILES string of the molecule is Cc1nnc(N2C(=O)C(=O)C(=C(O)c3ccc(OCc4ccccc4C)cc3)C2c2ccc(Br)cc2)s1. The van der Waals surface area contributed by atoms with Crippen LogP contribution in [0.25, 0.3) is 5.76 Å². The van der Waals surface area contributed by atoms with E-state index in [1.807, 2.05) is 43.3 Å². The fraction of sp³-hybridized carbons (Fsp3) is 0.143. The molecule has 7 nitrogen and oxygen atoms in total. The van der Waals surface area contributed by atoms with E-state index in [0.717, 1.165) is 15.6 Å². The predicted molar refractivity (Wildman–Crippen MR) is 146 cm³/mol. The van der Waals surface area contributed by atoms with Crippen molar-refractivity contribution in [2.75, 3.05) is 4.90 Å². The molecule has 1 saturated heterocycles. The third kappa shape index (κ3) is 4.92. The van der Waals surface area contributed by atoms with Crippen LogP contribution >= 0.6 is 27.3 Å². The molecule has 0 bridgehead atoms. The van der Waals surface area contributed by atoms with Crippen molar-refractivity contribution in [1.29, 1.82) is 0 Å². The Morgan fingerprint density at radius 3 is 2.35 bits per heavy atom. The zero-order valence-electron chi connectivity index (χ0n) is 20.0. The van der Waals surface area contributed by atoms with Gasteiger partial charge in [-0.15, -0.1) is 10.2 Å². The number of aromatic nitrogens is 2. The standard InChI is InChI=1S/C28H22BrN3O4S/c1-16-5-3-4-6-20(16)15-36-22-13-9-19(10-14-22)25(33)23-24(18-7-11-21(29)12-8-18)32(27(35)26(23)34)28-31-30-17(2)37-28/h3-14,24,33H,15H2,1-2H3. The normalized spacial score (nSPS) is 16.8. The molecule has 186 valence electrons. The first kappa shape index (κ1) is 24.9. The van der Waals surface area contributed by atoms with Gasteiger partial charge in [0, 0.05) is 10.0 Å². The van der Waals surface area contributed by atoms with Crippen LogP contribution in [0.2, 0.25) is 0 Å². The van der Waals surface area contributed by atoms with Gasteiger partial charge in [0.1, 0.15) is 23.1 Å². The second kappa shape index (κ2) is 10.3. The number of carbonyl (C=O) groups excluding carboxylic acids is 2. The Hall–Kier alpha value is -3.82. The lowest BCUT2D eigenvalue weighted by Gasteiger charge is -2.22. The van der Waals surface area contributed by atoms with E-state index in [2.05, 4.69) is 26.1 Å². The molecule has 5 rings (SSSR count). The molecule has 1 aliphatic rings. The maximum absolute atomic E-state index is 13.2. The third-order valence-corrected chi connectivity index (χ3v) is 7.50. The highest BCUT2D eigenvalue weighted by atomic mass is 79.9. The molecule has 1 atom stereocenters. The highest BCUT2D eigenvalue weighted by molar-refractivity contribution is 9.10. The molecule has 0 aliphatic carbocycles. The molecular formula is C28H22BrN3O4S. The van der Waals surface area contributed by atoms with E-state index in [9.17, 15) is 14.7 Å². The molecule has 37 heavy (non-hydrogen) atoms. The molecule has 1 aromatic heterocycles. The van der Waals surface area contributed by atoms with Gasteiger partial charge in [0.15, 0.2) is 0 Å². The van der Waals surface area contributed by atoms with Gasteiger partial charge in [0.2, 0.25) is 5.13 Å². The van der Waals surface area contributed by atoms with Gasteiger partial charge in [0.25, 0.3) is 5.78 Å². The fourth-order valence-electron chi connectivity index (χ4n) is 4.17. The predicted octanol–water partition coefficient (Wildman–Crippen LogP) is 6.12. The molecule has 4 aromatic rings. The van der Waals surface area contributed by atoms with Crippen LogP contribution in [0.1, 0.15) is 33.3 Å². The first-order chi connectivity index (χ1) is 17.8. The molecule has 3 aromatic carbocycles. The molecule has 1 amide bonds. The first-order valence-corrected chi connectivity index (χ1v) is 13.1. The molecule has 1 unspecified atom stereocenters. The van der Waals surface area contributed by atoms with Crippen molar-refractivity contribution in [2.45, 2.75) is 26.5 Å². The summed E-state index contributed by atoms with van der Waals surface area (Å²) in [6.45, 7) is 4.21. The number of halogens is 1. The molecule has 1 N–H and O–H groups in total. The van der Waals surface area contributed by atoms with Crippen LogP contribution in [0.5, 0.6) is 5.75 Å². The number of benzene rings is 3. The van der Waals surface area contributed by atoms with Gasteiger partial charge < -0.3 is 9.84 Å². The third-order valence-electron chi connectivity index (χ3n) is 6.13.